The molecule has 19 heavy (non-hydrogen) atoms. The Morgan fingerprint density at radius 2 is 2.05 bits per heavy atom. The summed E-state index contributed by atoms with van der Waals surface area (Å²) in [6.45, 7) is 6.40. The average Bonchev–Trinajstić information content (AvgIpc) is 2.93. The van der Waals surface area contributed by atoms with Crippen LogP contribution in [0, 0.1) is 23.7 Å². The monoisotopic (exact) mass is 268 g/mol. The van der Waals surface area contributed by atoms with E-state index in [-0.39, 0.29) is 17.9 Å². The average molecular weight is 268 g/mol. The molecule has 0 aromatic rings. The minimum atomic E-state index is 0.0642. The zero-order chi connectivity index (χ0) is 14.0. The molecule has 2 rings (SSSR count). The molecule has 4 heteroatoms. The number of methoxy groups -OCH3 is 1. The first-order valence-corrected chi connectivity index (χ1v) is 7.58. The molecule has 0 radical (unpaired) electrons. The third kappa shape index (κ3) is 3.11. The Balaban J connectivity index is 2.01. The van der Waals surface area contributed by atoms with Crippen molar-refractivity contribution in [3.05, 3.63) is 0 Å². The standard InChI is InChI=1S/C15H28N2O2/c1-10(2)9-17(6-7-19-3)15(18)13-11-4-5-12(8-11)14(13)16/h10-14H,4-9,16H2,1-3H3. The van der Waals surface area contributed by atoms with Crippen LogP contribution < -0.4 is 5.73 Å². The zero-order valence-electron chi connectivity index (χ0n) is 12.5. The number of ether oxygens (including phenoxy) is 1. The van der Waals surface area contributed by atoms with Crippen LogP contribution in [0.5, 0.6) is 0 Å². The highest BCUT2D eigenvalue weighted by molar-refractivity contribution is 5.80. The molecule has 110 valence electrons. The smallest absolute Gasteiger partial charge is 0.227 e. The normalized spacial score (nSPS) is 33.1. The minimum absolute atomic E-state index is 0.0642. The molecule has 2 bridgehead atoms. The van der Waals surface area contributed by atoms with Crippen LogP contribution >= 0.6 is 0 Å². The van der Waals surface area contributed by atoms with Gasteiger partial charge in [-0.25, -0.2) is 0 Å². The zero-order valence-corrected chi connectivity index (χ0v) is 12.5. The Hall–Kier alpha value is -0.610. The van der Waals surface area contributed by atoms with Gasteiger partial charge in [-0.2, -0.15) is 0 Å². The maximum Gasteiger partial charge on any atom is 0.227 e. The maximum atomic E-state index is 12.8. The van der Waals surface area contributed by atoms with Crippen LogP contribution in [0.4, 0.5) is 0 Å². The molecule has 2 N–H and O–H groups in total. The first kappa shape index (κ1) is 14.8. The molecule has 0 heterocycles. The second-order valence-corrected chi connectivity index (χ2v) is 6.61. The van der Waals surface area contributed by atoms with Crippen LogP contribution in [0.25, 0.3) is 0 Å². The van der Waals surface area contributed by atoms with E-state index in [0.29, 0.717) is 30.9 Å². The molecule has 4 unspecified atom stereocenters. The number of rotatable bonds is 6. The van der Waals surface area contributed by atoms with Gasteiger partial charge >= 0.3 is 0 Å². The Kier molecular flexibility index (Phi) is 4.85. The molecule has 0 aliphatic heterocycles. The number of carbonyl (C=O) groups excluding carboxylic acids is 1. The van der Waals surface area contributed by atoms with Crippen molar-refractivity contribution in [1.82, 2.24) is 4.90 Å². The highest BCUT2D eigenvalue weighted by Gasteiger charge is 2.50. The Morgan fingerprint density at radius 1 is 1.37 bits per heavy atom. The van der Waals surface area contributed by atoms with Gasteiger partial charge in [-0.1, -0.05) is 13.8 Å². The van der Waals surface area contributed by atoms with Crippen molar-refractivity contribution in [2.45, 2.75) is 39.2 Å². The summed E-state index contributed by atoms with van der Waals surface area (Å²) in [7, 11) is 1.68. The van der Waals surface area contributed by atoms with E-state index < -0.39 is 0 Å². The molecule has 2 fully saturated rings. The maximum absolute atomic E-state index is 12.8. The van der Waals surface area contributed by atoms with E-state index in [1.165, 1.54) is 12.8 Å². The third-order valence-electron chi connectivity index (χ3n) is 4.73. The van der Waals surface area contributed by atoms with E-state index in [4.69, 9.17) is 10.5 Å². The summed E-state index contributed by atoms with van der Waals surface area (Å²) in [4.78, 5) is 14.7. The summed E-state index contributed by atoms with van der Waals surface area (Å²) in [5, 5.41) is 0. The van der Waals surface area contributed by atoms with Gasteiger partial charge in [-0.15, -0.1) is 0 Å². The third-order valence-corrected chi connectivity index (χ3v) is 4.73. The van der Waals surface area contributed by atoms with Gasteiger partial charge in [-0.3, -0.25) is 4.79 Å². The summed E-state index contributed by atoms with van der Waals surface area (Å²) < 4.78 is 5.13. The number of hydrogen-bond donors (Lipinski definition) is 1. The van der Waals surface area contributed by atoms with Crippen LogP contribution in [0.1, 0.15) is 33.1 Å². The van der Waals surface area contributed by atoms with Gasteiger partial charge in [0.15, 0.2) is 0 Å². The van der Waals surface area contributed by atoms with Crippen LogP contribution in [0.15, 0.2) is 0 Å². The fourth-order valence-electron chi connectivity index (χ4n) is 3.85. The molecule has 2 saturated carbocycles. The second kappa shape index (κ2) is 6.23. The Morgan fingerprint density at radius 3 is 2.58 bits per heavy atom. The Bertz CT molecular complexity index is 317. The van der Waals surface area contributed by atoms with Gasteiger partial charge < -0.3 is 15.4 Å². The van der Waals surface area contributed by atoms with Crippen molar-refractivity contribution in [1.29, 1.82) is 0 Å². The van der Waals surface area contributed by atoms with Crippen LogP contribution in [0.3, 0.4) is 0 Å². The predicted octanol–water partition coefficient (Wildman–Crippen LogP) is 1.49. The van der Waals surface area contributed by atoms with Crippen molar-refractivity contribution in [3.8, 4) is 0 Å². The largest absolute Gasteiger partial charge is 0.383 e. The molecule has 0 saturated heterocycles. The number of fused-ring (bicyclic) bond motifs is 2. The van der Waals surface area contributed by atoms with Crippen LogP contribution in [-0.2, 0) is 9.53 Å². The molecule has 0 aromatic carbocycles. The minimum Gasteiger partial charge on any atom is -0.383 e. The van der Waals surface area contributed by atoms with Gasteiger partial charge in [0.05, 0.1) is 12.5 Å². The van der Waals surface area contributed by atoms with Gasteiger partial charge in [-0.05, 0) is 37.0 Å². The fourth-order valence-corrected chi connectivity index (χ4v) is 3.85. The molecule has 2 aliphatic rings. The number of carbonyl (C=O) groups is 1. The molecule has 0 spiro atoms. The van der Waals surface area contributed by atoms with E-state index in [1.54, 1.807) is 7.11 Å². The lowest BCUT2D eigenvalue weighted by Gasteiger charge is -2.33. The molecule has 4 atom stereocenters. The van der Waals surface area contributed by atoms with Crippen molar-refractivity contribution < 1.29 is 9.53 Å². The van der Waals surface area contributed by atoms with Crippen LogP contribution in [-0.4, -0.2) is 43.7 Å². The van der Waals surface area contributed by atoms with Gasteiger partial charge in [0.2, 0.25) is 5.91 Å². The Labute approximate surface area is 116 Å². The number of amides is 1. The van der Waals surface area contributed by atoms with E-state index >= 15 is 0 Å². The molecular weight excluding hydrogens is 240 g/mol. The van der Waals surface area contributed by atoms with Crippen LogP contribution in [0.2, 0.25) is 0 Å². The predicted molar refractivity (Wildman–Crippen MR) is 75.6 cm³/mol. The summed E-state index contributed by atoms with van der Waals surface area (Å²) in [6, 6.07) is 0.0865. The molecule has 4 nitrogen and oxygen atoms in total. The first-order valence-electron chi connectivity index (χ1n) is 7.58. The SMILES string of the molecule is COCCN(CC(C)C)C(=O)C1C2CCC(C2)C1N. The van der Waals surface area contributed by atoms with Gasteiger partial charge in [0.25, 0.3) is 0 Å². The highest BCUT2D eigenvalue weighted by Crippen LogP contribution is 2.48. The number of hydrogen-bond acceptors (Lipinski definition) is 3. The molecule has 1 amide bonds. The number of nitrogens with two attached hydrogens (primary N) is 1. The van der Waals surface area contributed by atoms with Gasteiger partial charge in [0.1, 0.15) is 0 Å². The summed E-state index contributed by atoms with van der Waals surface area (Å²) in [5.74, 6) is 1.93. The second-order valence-electron chi connectivity index (χ2n) is 6.61. The van der Waals surface area contributed by atoms with E-state index in [1.807, 2.05) is 4.90 Å². The first-order chi connectivity index (χ1) is 9.04. The molecule has 0 aromatic heterocycles. The van der Waals surface area contributed by atoms with E-state index in [0.717, 1.165) is 13.0 Å². The topological polar surface area (TPSA) is 55.6 Å². The lowest BCUT2D eigenvalue weighted by molar-refractivity contribution is -0.139. The van der Waals surface area contributed by atoms with Crippen molar-refractivity contribution in [2.24, 2.45) is 29.4 Å². The highest BCUT2D eigenvalue weighted by atomic mass is 16.5. The fraction of sp³-hybridized carbons (Fsp3) is 0.933. The quantitative estimate of drug-likeness (QED) is 0.794. The van der Waals surface area contributed by atoms with E-state index in [9.17, 15) is 4.79 Å². The summed E-state index contributed by atoms with van der Waals surface area (Å²) >= 11 is 0. The summed E-state index contributed by atoms with van der Waals surface area (Å²) in [6.07, 6.45) is 3.57. The van der Waals surface area contributed by atoms with Crippen molar-refractivity contribution in [3.63, 3.8) is 0 Å². The summed E-state index contributed by atoms with van der Waals surface area (Å²) in [5.41, 5.74) is 6.28. The molecule has 2 aliphatic carbocycles. The number of nitrogens with zero attached hydrogens (tertiary/aromatic N) is 1. The lowest BCUT2D eigenvalue weighted by atomic mass is 9.84. The lowest BCUT2D eigenvalue weighted by Crippen LogP contribution is -2.48. The van der Waals surface area contributed by atoms with Crippen molar-refractivity contribution >= 4 is 5.91 Å². The van der Waals surface area contributed by atoms with Crippen molar-refractivity contribution in [2.75, 3.05) is 26.8 Å². The molecular formula is C15H28N2O2. The van der Waals surface area contributed by atoms with E-state index in [2.05, 4.69) is 13.8 Å². The van der Waals surface area contributed by atoms with Gasteiger partial charge in [0, 0.05) is 26.2 Å².